The van der Waals surface area contributed by atoms with Crippen molar-refractivity contribution in [1.29, 1.82) is 0 Å². The molecule has 0 saturated heterocycles. The molecule has 0 radical (unpaired) electrons. The summed E-state index contributed by atoms with van der Waals surface area (Å²) in [5.41, 5.74) is 1.81. The van der Waals surface area contributed by atoms with E-state index in [1.807, 2.05) is 12.1 Å². The molecule has 0 bridgehead atoms. The van der Waals surface area contributed by atoms with E-state index in [-0.39, 0.29) is 11.1 Å². The van der Waals surface area contributed by atoms with E-state index < -0.39 is 11.7 Å². The lowest BCUT2D eigenvalue weighted by Gasteiger charge is -2.19. The molecule has 154 valence electrons. The number of pyridine rings is 1. The van der Waals surface area contributed by atoms with E-state index in [0.717, 1.165) is 21.8 Å². The number of nitrogens with one attached hydrogen (secondary N) is 1. The first-order chi connectivity index (χ1) is 14.1. The molecule has 2 heterocycles. The van der Waals surface area contributed by atoms with Crippen LogP contribution in [0.1, 0.15) is 31.9 Å². The highest BCUT2D eigenvalue weighted by molar-refractivity contribution is 7.13. The Bertz CT molecular complexity index is 1190. The van der Waals surface area contributed by atoms with Crippen molar-refractivity contribution < 1.29 is 13.2 Å². The van der Waals surface area contributed by atoms with Gasteiger partial charge in [0.2, 0.25) is 0 Å². The lowest BCUT2D eigenvalue weighted by atomic mass is 9.87. The van der Waals surface area contributed by atoms with Crippen molar-refractivity contribution in [1.82, 2.24) is 9.36 Å². The number of benzene rings is 2. The molecule has 3 nitrogen and oxygen atoms in total. The number of fused-ring (bicyclic) bond motifs is 1. The van der Waals surface area contributed by atoms with E-state index in [2.05, 4.69) is 47.6 Å². The highest BCUT2D eigenvalue weighted by atomic mass is 32.1. The van der Waals surface area contributed by atoms with Gasteiger partial charge in [0.05, 0.1) is 16.0 Å². The fourth-order valence-electron chi connectivity index (χ4n) is 3.23. The van der Waals surface area contributed by atoms with Crippen LogP contribution in [0.4, 0.5) is 24.7 Å². The van der Waals surface area contributed by atoms with Crippen LogP contribution < -0.4 is 5.32 Å². The van der Waals surface area contributed by atoms with Crippen molar-refractivity contribution in [2.45, 2.75) is 32.4 Å². The van der Waals surface area contributed by atoms with Crippen LogP contribution in [0.5, 0.6) is 0 Å². The molecule has 0 amide bonds. The molecule has 0 aliphatic heterocycles. The average Bonchev–Trinajstić information content (AvgIpc) is 3.09. The second kappa shape index (κ2) is 7.40. The number of halogens is 3. The molecule has 7 heteroatoms. The van der Waals surface area contributed by atoms with Crippen LogP contribution in [-0.2, 0) is 11.6 Å². The van der Waals surface area contributed by atoms with Gasteiger partial charge in [-0.3, -0.25) is 4.98 Å². The molecule has 0 unspecified atom stereocenters. The molecule has 0 atom stereocenters. The Morgan fingerprint density at radius 2 is 1.67 bits per heavy atom. The summed E-state index contributed by atoms with van der Waals surface area (Å²) in [6.45, 7) is 6.48. The summed E-state index contributed by atoms with van der Waals surface area (Å²) in [5.74, 6) is 0.683. The minimum absolute atomic E-state index is 0.0724. The summed E-state index contributed by atoms with van der Waals surface area (Å²) < 4.78 is 45.3. The molecule has 0 saturated carbocycles. The summed E-state index contributed by atoms with van der Waals surface area (Å²) in [5, 5.41) is 4.16. The van der Waals surface area contributed by atoms with Crippen LogP contribution in [0.2, 0.25) is 0 Å². The fraction of sp³-hybridized carbons (Fsp3) is 0.217. The Balaban J connectivity index is 1.66. The summed E-state index contributed by atoms with van der Waals surface area (Å²) in [4.78, 5) is 3.97. The molecule has 2 aromatic carbocycles. The Kier molecular flexibility index (Phi) is 5.02. The monoisotopic (exact) mass is 427 g/mol. The molecule has 4 rings (SSSR count). The first kappa shape index (κ1) is 20.3. The summed E-state index contributed by atoms with van der Waals surface area (Å²) in [7, 11) is 0. The smallest absolute Gasteiger partial charge is 0.339 e. The number of rotatable bonds is 3. The summed E-state index contributed by atoms with van der Waals surface area (Å²) in [6.07, 6.45) is -3.09. The average molecular weight is 427 g/mol. The van der Waals surface area contributed by atoms with E-state index in [1.54, 1.807) is 18.2 Å². The maximum Gasteiger partial charge on any atom is 0.418 e. The molecule has 4 aromatic rings. The summed E-state index contributed by atoms with van der Waals surface area (Å²) >= 11 is 1.24. The number of alkyl halides is 3. The molecule has 0 spiro atoms. The van der Waals surface area contributed by atoms with Crippen molar-refractivity contribution in [3.8, 4) is 11.3 Å². The minimum atomic E-state index is -4.46. The van der Waals surface area contributed by atoms with Crippen molar-refractivity contribution in [3.63, 3.8) is 0 Å². The second-order valence-electron chi connectivity index (χ2n) is 8.09. The predicted molar refractivity (Wildman–Crippen MR) is 116 cm³/mol. The first-order valence-electron chi connectivity index (χ1n) is 9.42. The largest absolute Gasteiger partial charge is 0.418 e. The number of hydrogen-bond donors (Lipinski definition) is 1. The van der Waals surface area contributed by atoms with E-state index in [0.29, 0.717) is 11.4 Å². The van der Waals surface area contributed by atoms with Gasteiger partial charge < -0.3 is 5.32 Å². The third-order valence-electron chi connectivity index (χ3n) is 4.87. The molecule has 1 N–H and O–H groups in total. The normalized spacial score (nSPS) is 12.3. The van der Waals surface area contributed by atoms with Gasteiger partial charge in [-0.15, -0.1) is 0 Å². The third-order valence-corrected chi connectivity index (χ3v) is 5.68. The molecule has 30 heavy (non-hydrogen) atoms. The van der Waals surface area contributed by atoms with Crippen molar-refractivity contribution >= 4 is 33.1 Å². The zero-order chi connectivity index (χ0) is 21.5. The van der Waals surface area contributed by atoms with Gasteiger partial charge in [0.1, 0.15) is 0 Å². The van der Waals surface area contributed by atoms with Gasteiger partial charge in [0, 0.05) is 22.8 Å². The van der Waals surface area contributed by atoms with Crippen molar-refractivity contribution in [3.05, 3.63) is 71.9 Å². The molecular weight excluding hydrogens is 407 g/mol. The fourth-order valence-corrected chi connectivity index (χ4v) is 4.01. The molecule has 0 aliphatic rings. The zero-order valence-electron chi connectivity index (χ0n) is 16.7. The van der Waals surface area contributed by atoms with Crippen LogP contribution in [-0.4, -0.2) is 9.36 Å². The van der Waals surface area contributed by atoms with Gasteiger partial charge in [0.15, 0.2) is 5.82 Å². The number of anilines is 2. The van der Waals surface area contributed by atoms with Crippen LogP contribution in [0, 0.1) is 0 Å². The van der Waals surface area contributed by atoms with Gasteiger partial charge in [-0.2, -0.15) is 17.5 Å². The lowest BCUT2D eigenvalue weighted by molar-refractivity contribution is -0.137. The van der Waals surface area contributed by atoms with Crippen molar-refractivity contribution in [2.24, 2.45) is 0 Å². The number of aromatic nitrogens is 2. The van der Waals surface area contributed by atoms with Gasteiger partial charge in [0.25, 0.3) is 0 Å². The van der Waals surface area contributed by atoms with E-state index in [9.17, 15) is 13.2 Å². The van der Waals surface area contributed by atoms with Crippen LogP contribution >= 0.6 is 11.5 Å². The van der Waals surface area contributed by atoms with E-state index >= 15 is 0 Å². The highest BCUT2D eigenvalue weighted by Gasteiger charge is 2.34. The quantitative estimate of drug-likeness (QED) is 0.370. The lowest BCUT2D eigenvalue weighted by Crippen LogP contribution is -2.10. The molecular formula is C23H20F3N3S. The van der Waals surface area contributed by atoms with Crippen LogP contribution in [0.3, 0.4) is 0 Å². The molecule has 0 aliphatic carbocycles. The standard InChI is InChI=1S/C23H20F3N3S/c1-22(2,3)15-7-9-16(10-8-15)28-21-17-11-6-14(13-19(17)30-29-21)20-18(23(24,25)26)5-4-12-27-20/h4-13H,1-3H3,(H,28,29). The predicted octanol–water partition coefficient (Wildman–Crippen LogP) is 7.42. The van der Waals surface area contributed by atoms with Gasteiger partial charge in [-0.1, -0.05) is 39.0 Å². The SMILES string of the molecule is CC(C)(C)c1ccc(Nc2nsc3cc(-c4ncccc4C(F)(F)F)ccc23)cc1. The maximum atomic E-state index is 13.3. The van der Waals surface area contributed by atoms with E-state index in [1.165, 1.54) is 29.4 Å². The molecule has 2 aromatic heterocycles. The highest BCUT2D eigenvalue weighted by Crippen LogP contribution is 2.38. The zero-order valence-corrected chi connectivity index (χ0v) is 17.5. The van der Waals surface area contributed by atoms with Crippen LogP contribution in [0.15, 0.2) is 60.8 Å². The van der Waals surface area contributed by atoms with Gasteiger partial charge in [-0.25, -0.2) is 0 Å². The first-order valence-corrected chi connectivity index (χ1v) is 10.2. The molecule has 0 fully saturated rings. The maximum absolute atomic E-state index is 13.3. The number of nitrogens with zero attached hydrogens (tertiary/aromatic N) is 2. The Hall–Kier alpha value is -2.93. The van der Waals surface area contributed by atoms with E-state index in [4.69, 9.17) is 0 Å². The van der Waals surface area contributed by atoms with Gasteiger partial charge >= 0.3 is 6.18 Å². The Morgan fingerprint density at radius 1 is 0.933 bits per heavy atom. The number of hydrogen-bond acceptors (Lipinski definition) is 4. The minimum Gasteiger partial charge on any atom is -0.339 e. The van der Waals surface area contributed by atoms with Crippen molar-refractivity contribution in [2.75, 3.05) is 5.32 Å². The van der Waals surface area contributed by atoms with Crippen LogP contribution in [0.25, 0.3) is 21.3 Å². The third kappa shape index (κ3) is 4.03. The topological polar surface area (TPSA) is 37.8 Å². The Labute approximate surface area is 176 Å². The summed E-state index contributed by atoms with van der Waals surface area (Å²) in [6, 6.07) is 15.7. The van der Waals surface area contributed by atoms with Gasteiger partial charge in [-0.05, 0) is 58.9 Å². The second-order valence-corrected chi connectivity index (χ2v) is 8.90. The Morgan fingerprint density at radius 3 is 2.33 bits per heavy atom.